The Balaban J connectivity index is 3.08. The van der Waals surface area contributed by atoms with Gasteiger partial charge in [0.15, 0.2) is 0 Å². The number of hydrogen-bond donors (Lipinski definition) is 2. The summed E-state index contributed by atoms with van der Waals surface area (Å²) in [6.45, 7) is 4.89. The summed E-state index contributed by atoms with van der Waals surface area (Å²) in [4.78, 5) is 0.0717. The Morgan fingerprint density at radius 1 is 1.69 bits per heavy atom. The van der Waals surface area contributed by atoms with Crippen LogP contribution < -0.4 is 4.72 Å². The molecule has 2 N–H and O–H groups in total. The van der Waals surface area contributed by atoms with E-state index in [1.54, 1.807) is 20.8 Å². The maximum absolute atomic E-state index is 11.9. The van der Waals surface area contributed by atoms with E-state index < -0.39 is 15.6 Å². The van der Waals surface area contributed by atoms with E-state index in [0.29, 0.717) is 12.1 Å². The van der Waals surface area contributed by atoms with Gasteiger partial charge in [0.2, 0.25) is 10.0 Å². The molecular weight excluding hydrogens is 228 g/mol. The molecule has 7 heteroatoms. The summed E-state index contributed by atoms with van der Waals surface area (Å²) >= 11 is 0. The van der Waals surface area contributed by atoms with Gasteiger partial charge in [-0.25, -0.2) is 8.42 Å². The summed E-state index contributed by atoms with van der Waals surface area (Å²) in [6, 6.07) is 1.94. The molecule has 0 aromatic carbocycles. The number of H-pyrrole nitrogens is 1. The molecule has 1 unspecified atom stereocenters. The Morgan fingerprint density at radius 2 is 2.31 bits per heavy atom. The molecule has 0 spiro atoms. The first kappa shape index (κ1) is 12.7. The topological polar surface area (TPSA) is 98.6 Å². The van der Waals surface area contributed by atoms with E-state index in [0.717, 1.165) is 0 Å². The minimum Gasteiger partial charge on any atom is -0.281 e. The summed E-state index contributed by atoms with van der Waals surface area (Å²) in [7, 11) is -3.70. The van der Waals surface area contributed by atoms with Crippen molar-refractivity contribution in [2.24, 2.45) is 0 Å². The molecule has 1 aromatic rings. The molecule has 0 aliphatic carbocycles. The number of aromatic amines is 1. The van der Waals surface area contributed by atoms with Gasteiger partial charge < -0.3 is 0 Å². The second-order valence-corrected chi connectivity index (χ2v) is 5.41. The van der Waals surface area contributed by atoms with Crippen molar-refractivity contribution in [2.75, 3.05) is 0 Å². The van der Waals surface area contributed by atoms with E-state index in [1.165, 1.54) is 6.20 Å². The van der Waals surface area contributed by atoms with Crippen LogP contribution in [0.1, 0.15) is 26.0 Å². The van der Waals surface area contributed by atoms with Gasteiger partial charge in [-0.3, -0.25) is 5.10 Å². The largest absolute Gasteiger partial charge is 0.281 e. The number of nitrogens with zero attached hydrogens (tertiary/aromatic N) is 2. The number of sulfonamides is 1. The van der Waals surface area contributed by atoms with Gasteiger partial charge in [-0.1, -0.05) is 6.92 Å². The number of nitrogens with one attached hydrogen (secondary N) is 2. The van der Waals surface area contributed by atoms with Crippen molar-refractivity contribution in [3.63, 3.8) is 0 Å². The summed E-state index contributed by atoms with van der Waals surface area (Å²) in [5, 5.41) is 15.1. The summed E-state index contributed by atoms with van der Waals surface area (Å²) in [5.74, 6) is 0. The van der Waals surface area contributed by atoms with Crippen LogP contribution in [-0.4, -0.2) is 24.2 Å². The second-order valence-electron chi connectivity index (χ2n) is 3.76. The summed E-state index contributed by atoms with van der Waals surface area (Å²) in [5.41, 5.74) is -0.647. The highest BCUT2D eigenvalue weighted by Gasteiger charge is 2.30. The fourth-order valence-electron chi connectivity index (χ4n) is 1.14. The van der Waals surface area contributed by atoms with Gasteiger partial charge in [-0.05, 0) is 20.3 Å². The molecule has 0 saturated carbocycles. The zero-order valence-corrected chi connectivity index (χ0v) is 10.2. The third-order valence-corrected chi connectivity index (χ3v) is 4.10. The maximum atomic E-state index is 11.9. The van der Waals surface area contributed by atoms with Crippen LogP contribution in [0.2, 0.25) is 0 Å². The fraction of sp³-hybridized carbons (Fsp3) is 0.556. The van der Waals surface area contributed by atoms with Gasteiger partial charge in [0.1, 0.15) is 10.4 Å². The standard InChI is InChI=1S/C9H14N4O2S/c1-4-9(3,6-10)13-16(14,15)8-5-11-12-7(8)2/h5,13H,4H2,1-3H3,(H,11,12). The van der Waals surface area contributed by atoms with Crippen molar-refractivity contribution in [1.82, 2.24) is 14.9 Å². The van der Waals surface area contributed by atoms with Crippen LogP contribution in [0.4, 0.5) is 0 Å². The van der Waals surface area contributed by atoms with Crippen molar-refractivity contribution in [1.29, 1.82) is 5.26 Å². The Hall–Kier alpha value is -1.39. The van der Waals surface area contributed by atoms with E-state index in [-0.39, 0.29) is 4.90 Å². The lowest BCUT2D eigenvalue weighted by molar-refractivity contribution is 0.495. The van der Waals surface area contributed by atoms with Crippen LogP contribution in [0.5, 0.6) is 0 Å². The first-order valence-electron chi connectivity index (χ1n) is 4.80. The molecule has 88 valence electrons. The molecule has 6 nitrogen and oxygen atoms in total. The first-order chi connectivity index (χ1) is 7.34. The Labute approximate surface area is 94.7 Å². The molecule has 0 aliphatic rings. The third kappa shape index (κ3) is 2.40. The average Bonchev–Trinajstić information content (AvgIpc) is 2.64. The van der Waals surface area contributed by atoms with Crippen molar-refractivity contribution in [3.8, 4) is 6.07 Å². The highest BCUT2D eigenvalue weighted by atomic mass is 32.2. The van der Waals surface area contributed by atoms with Gasteiger partial charge in [-0.2, -0.15) is 15.1 Å². The third-order valence-electron chi connectivity index (χ3n) is 2.39. The Kier molecular flexibility index (Phi) is 3.35. The van der Waals surface area contributed by atoms with Gasteiger partial charge >= 0.3 is 0 Å². The Morgan fingerprint density at radius 3 is 2.69 bits per heavy atom. The summed E-state index contributed by atoms with van der Waals surface area (Å²) < 4.78 is 26.2. The number of rotatable bonds is 4. The van der Waals surface area contributed by atoms with Crippen LogP contribution >= 0.6 is 0 Å². The van der Waals surface area contributed by atoms with Crippen LogP contribution in [0.25, 0.3) is 0 Å². The van der Waals surface area contributed by atoms with Gasteiger partial charge in [0.05, 0.1) is 18.0 Å². The predicted octanol–water partition coefficient (Wildman–Crippen LogP) is 0.689. The monoisotopic (exact) mass is 242 g/mol. The highest BCUT2D eigenvalue weighted by Crippen LogP contribution is 2.16. The summed E-state index contributed by atoms with van der Waals surface area (Å²) in [6.07, 6.45) is 1.62. The molecule has 0 bridgehead atoms. The Bertz CT molecular complexity index is 514. The van der Waals surface area contributed by atoms with Crippen LogP contribution in [0.3, 0.4) is 0 Å². The van der Waals surface area contributed by atoms with Crippen LogP contribution in [0.15, 0.2) is 11.1 Å². The van der Waals surface area contributed by atoms with E-state index in [9.17, 15) is 8.42 Å². The van der Waals surface area contributed by atoms with E-state index in [2.05, 4.69) is 14.9 Å². The van der Waals surface area contributed by atoms with E-state index in [4.69, 9.17) is 5.26 Å². The lowest BCUT2D eigenvalue weighted by Crippen LogP contribution is -2.44. The molecule has 0 amide bonds. The zero-order chi connectivity index (χ0) is 12.4. The number of aryl methyl sites for hydroxylation is 1. The highest BCUT2D eigenvalue weighted by molar-refractivity contribution is 7.89. The molecule has 0 saturated heterocycles. The fourth-order valence-corrected chi connectivity index (χ4v) is 2.67. The SMILES string of the molecule is CCC(C)(C#N)NS(=O)(=O)c1cn[nH]c1C. The van der Waals surface area contributed by atoms with Crippen LogP contribution in [-0.2, 0) is 10.0 Å². The number of aromatic nitrogens is 2. The number of nitriles is 1. The smallest absolute Gasteiger partial charge is 0.245 e. The molecule has 0 fully saturated rings. The zero-order valence-electron chi connectivity index (χ0n) is 9.40. The molecule has 1 aromatic heterocycles. The van der Waals surface area contributed by atoms with Gasteiger partial charge in [0.25, 0.3) is 0 Å². The van der Waals surface area contributed by atoms with Crippen molar-refractivity contribution in [3.05, 3.63) is 11.9 Å². The molecule has 1 heterocycles. The lowest BCUT2D eigenvalue weighted by Gasteiger charge is -2.20. The minimum absolute atomic E-state index is 0.0717. The molecular formula is C9H14N4O2S. The second kappa shape index (κ2) is 4.23. The lowest BCUT2D eigenvalue weighted by atomic mass is 10.0. The van der Waals surface area contributed by atoms with Crippen LogP contribution in [0, 0.1) is 18.3 Å². The maximum Gasteiger partial charge on any atom is 0.245 e. The van der Waals surface area contributed by atoms with E-state index >= 15 is 0 Å². The van der Waals surface area contributed by atoms with Crippen molar-refractivity contribution >= 4 is 10.0 Å². The minimum atomic E-state index is -3.70. The molecule has 0 radical (unpaired) electrons. The molecule has 16 heavy (non-hydrogen) atoms. The van der Waals surface area contributed by atoms with E-state index in [1.807, 2.05) is 6.07 Å². The quantitative estimate of drug-likeness (QED) is 0.811. The predicted molar refractivity (Wildman–Crippen MR) is 58.0 cm³/mol. The average molecular weight is 242 g/mol. The normalized spacial score (nSPS) is 15.4. The molecule has 0 aliphatic heterocycles. The van der Waals surface area contributed by atoms with Crippen molar-refractivity contribution < 1.29 is 8.42 Å². The van der Waals surface area contributed by atoms with Crippen molar-refractivity contribution in [2.45, 2.75) is 37.6 Å². The molecule has 1 rings (SSSR count). The first-order valence-corrected chi connectivity index (χ1v) is 6.28. The van der Waals surface area contributed by atoms with Gasteiger partial charge in [0, 0.05) is 0 Å². The number of hydrogen-bond acceptors (Lipinski definition) is 4. The molecule has 1 atom stereocenters. The van der Waals surface area contributed by atoms with Gasteiger partial charge in [-0.15, -0.1) is 0 Å².